The van der Waals surface area contributed by atoms with Crippen molar-refractivity contribution in [3.05, 3.63) is 35.1 Å². The van der Waals surface area contributed by atoms with Crippen molar-refractivity contribution >= 4 is 17.7 Å². The molecule has 1 aromatic carbocycles. The number of halogens is 1. The first-order chi connectivity index (χ1) is 8.04. The zero-order chi connectivity index (χ0) is 12.8. The molecular weight excluding hydrogens is 241 g/mol. The van der Waals surface area contributed by atoms with Crippen LogP contribution in [0.4, 0.5) is 4.39 Å². The van der Waals surface area contributed by atoms with E-state index in [4.69, 9.17) is 5.11 Å². The number of carboxylic acid groups (broad SMARTS) is 1. The molecule has 1 aromatic rings. The number of benzene rings is 1. The van der Waals surface area contributed by atoms with Gasteiger partial charge in [-0.2, -0.15) is 11.8 Å². The molecule has 1 rings (SSSR count). The molecule has 0 fully saturated rings. The Hall–Kier alpha value is -1.07. The Morgan fingerprint density at radius 2 is 2.24 bits per heavy atom. The molecule has 0 radical (unpaired) electrons. The normalized spacial score (nSPS) is 10.8. The van der Waals surface area contributed by atoms with E-state index in [2.05, 4.69) is 4.90 Å². The molecule has 1 N–H and O–H groups in total. The van der Waals surface area contributed by atoms with Crippen LogP contribution in [0.25, 0.3) is 0 Å². The molecule has 0 saturated heterocycles. The predicted molar refractivity (Wildman–Crippen MR) is 68.1 cm³/mol. The van der Waals surface area contributed by atoms with Gasteiger partial charge in [0.05, 0.1) is 5.56 Å². The van der Waals surface area contributed by atoms with Crippen molar-refractivity contribution < 1.29 is 14.3 Å². The molecule has 0 heterocycles. The number of nitrogens with zero attached hydrogens (tertiary/aromatic N) is 1. The van der Waals surface area contributed by atoms with Gasteiger partial charge in [-0.25, -0.2) is 9.18 Å². The SMILES string of the molecule is CSCCN(C)Cc1ccc(C(=O)O)c(F)c1. The quantitative estimate of drug-likeness (QED) is 0.849. The summed E-state index contributed by atoms with van der Waals surface area (Å²) in [4.78, 5) is 12.7. The lowest BCUT2D eigenvalue weighted by molar-refractivity contribution is 0.0692. The third kappa shape index (κ3) is 4.36. The second-order valence-corrected chi connectivity index (χ2v) is 4.84. The predicted octanol–water partition coefficient (Wildman–Crippen LogP) is 2.32. The van der Waals surface area contributed by atoms with Crippen molar-refractivity contribution in [2.24, 2.45) is 0 Å². The molecule has 0 saturated carbocycles. The number of thioether (sulfide) groups is 1. The van der Waals surface area contributed by atoms with E-state index >= 15 is 0 Å². The fourth-order valence-electron chi connectivity index (χ4n) is 1.47. The molecule has 0 bridgehead atoms. The zero-order valence-electron chi connectivity index (χ0n) is 9.94. The van der Waals surface area contributed by atoms with E-state index in [-0.39, 0.29) is 5.56 Å². The average molecular weight is 257 g/mol. The number of hydrogen-bond acceptors (Lipinski definition) is 3. The van der Waals surface area contributed by atoms with Crippen LogP contribution in [0.1, 0.15) is 15.9 Å². The van der Waals surface area contributed by atoms with E-state index in [1.54, 1.807) is 17.8 Å². The number of rotatable bonds is 6. The minimum Gasteiger partial charge on any atom is -0.478 e. The lowest BCUT2D eigenvalue weighted by atomic mass is 10.1. The fourth-order valence-corrected chi connectivity index (χ4v) is 1.96. The van der Waals surface area contributed by atoms with Crippen molar-refractivity contribution in [3.8, 4) is 0 Å². The first-order valence-electron chi connectivity index (χ1n) is 5.23. The van der Waals surface area contributed by atoms with Gasteiger partial charge in [-0.1, -0.05) is 6.07 Å². The second-order valence-electron chi connectivity index (χ2n) is 3.85. The van der Waals surface area contributed by atoms with Gasteiger partial charge in [-0.05, 0) is 31.0 Å². The van der Waals surface area contributed by atoms with E-state index in [0.29, 0.717) is 6.54 Å². The number of carbonyl (C=O) groups is 1. The van der Waals surface area contributed by atoms with Gasteiger partial charge in [0.15, 0.2) is 0 Å². The van der Waals surface area contributed by atoms with Crippen LogP contribution in [-0.2, 0) is 6.54 Å². The Labute approximate surface area is 105 Å². The summed E-state index contributed by atoms with van der Waals surface area (Å²) in [6.07, 6.45) is 2.04. The molecule has 0 aromatic heterocycles. The highest BCUT2D eigenvalue weighted by molar-refractivity contribution is 7.98. The van der Waals surface area contributed by atoms with Gasteiger partial charge in [-0.15, -0.1) is 0 Å². The molecule has 0 atom stereocenters. The van der Waals surface area contributed by atoms with E-state index in [0.717, 1.165) is 17.9 Å². The van der Waals surface area contributed by atoms with Gasteiger partial charge in [0.1, 0.15) is 5.82 Å². The van der Waals surface area contributed by atoms with Gasteiger partial charge in [0.25, 0.3) is 0 Å². The smallest absolute Gasteiger partial charge is 0.338 e. The average Bonchev–Trinajstić information content (AvgIpc) is 2.26. The molecule has 3 nitrogen and oxygen atoms in total. The molecular formula is C12H16FNO2S. The molecule has 94 valence electrons. The first kappa shape index (κ1) is 14.0. The summed E-state index contributed by atoms with van der Waals surface area (Å²) in [5, 5.41) is 8.70. The van der Waals surface area contributed by atoms with Gasteiger partial charge in [0.2, 0.25) is 0 Å². The Kier molecular flexibility index (Phi) is 5.44. The van der Waals surface area contributed by atoms with Crippen molar-refractivity contribution in [3.63, 3.8) is 0 Å². The standard InChI is InChI=1S/C12H16FNO2S/c1-14(5-6-17-2)8-9-3-4-10(12(15)16)11(13)7-9/h3-4,7H,5-6,8H2,1-2H3,(H,15,16). The number of carboxylic acids is 1. The summed E-state index contributed by atoms with van der Waals surface area (Å²) in [6, 6.07) is 4.26. The van der Waals surface area contributed by atoms with Crippen LogP contribution in [-0.4, -0.2) is 41.6 Å². The van der Waals surface area contributed by atoms with Crippen LogP contribution >= 0.6 is 11.8 Å². The van der Waals surface area contributed by atoms with E-state index in [1.165, 1.54) is 12.1 Å². The van der Waals surface area contributed by atoms with Crippen LogP contribution in [0, 0.1) is 5.82 Å². The highest BCUT2D eigenvalue weighted by atomic mass is 32.2. The van der Waals surface area contributed by atoms with Crippen molar-refractivity contribution in [1.29, 1.82) is 0 Å². The Morgan fingerprint density at radius 1 is 1.53 bits per heavy atom. The van der Waals surface area contributed by atoms with Crippen LogP contribution in [0.2, 0.25) is 0 Å². The number of aromatic carboxylic acids is 1. The second kappa shape index (κ2) is 6.61. The van der Waals surface area contributed by atoms with Gasteiger partial charge >= 0.3 is 5.97 Å². The summed E-state index contributed by atoms with van der Waals surface area (Å²) in [7, 11) is 1.96. The van der Waals surface area contributed by atoms with Crippen molar-refractivity contribution in [2.45, 2.75) is 6.54 Å². The van der Waals surface area contributed by atoms with E-state index in [1.807, 2.05) is 13.3 Å². The van der Waals surface area contributed by atoms with Crippen LogP contribution in [0.15, 0.2) is 18.2 Å². The minimum atomic E-state index is -1.23. The molecule has 0 aliphatic heterocycles. The van der Waals surface area contributed by atoms with Gasteiger partial charge < -0.3 is 10.0 Å². The van der Waals surface area contributed by atoms with Crippen molar-refractivity contribution in [2.75, 3.05) is 25.6 Å². The van der Waals surface area contributed by atoms with Crippen LogP contribution in [0.3, 0.4) is 0 Å². The topological polar surface area (TPSA) is 40.5 Å². The highest BCUT2D eigenvalue weighted by Crippen LogP contribution is 2.12. The van der Waals surface area contributed by atoms with E-state index in [9.17, 15) is 9.18 Å². The Morgan fingerprint density at radius 3 is 2.76 bits per heavy atom. The molecule has 0 amide bonds. The largest absolute Gasteiger partial charge is 0.478 e. The number of hydrogen-bond donors (Lipinski definition) is 1. The molecule has 0 aliphatic carbocycles. The Bertz CT molecular complexity index is 398. The lowest BCUT2D eigenvalue weighted by Gasteiger charge is -2.16. The third-order valence-electron chi connectivity index (χ3n) is 2.39. The Balaban J connectivity index is 2.67. The maximum Gasteiger partial charge on any atom is 0.338 e. The lowest BCUT2D eigenvalue weighted by Crippen LogP contribution is -2.20. The molecule has 5 heteroatoms. The summed E-state index contributed by atoms with van der Waals surface area (Å²) < 4.78 is 13.4. The molecule has 0 unspecified atom stereocenters. The maximum absolute atomic E-state index is 13.4. The van der Waals surface area contributed by atoms with Crippen LogP contribution < -0.4 is 0 Å². The summed E-state index contributed by atoms with van der Waals surface area (Å²) >= 11 is 1.76. The molecule has 0 aliphatic rings. The van der Waals surface area contributed by atoms with Crippen molar-refractivity contribution in [1.82, 2.24) is 4.90 Å². The molecule has 0 spiro atoms. The maximum atomic E-state index is 13.4. The highest BCUT2D eigenvalue weighted by Gasteiger charge is 2.10. The molecule has 17 heavy (non-hydrogen) atoms. The van der Waals surface area contributed by atoms with E-state index < -0.39 is 11.8 Å². The monoisotopic (exact) mass is 257 g/mol. The van der Waals surface area contributed by atoms with Gasteiger partial charge in [0, 0.05) is 18.8 Å². The zero-order valence-corrected chi connectivity index (χ0v) is 10.8. The van der Waals surface area contributed by atoms with Crippen LogP contribution in [0.5, 0.6) is 0 Å². The van der Waals surface area contributed by atoms with Gasteiger partial charge in [-0.3, -0.25) is 0 Å². The fraction of sp³-hybridized carbons (Fsp3) is 0.417. The first-order valence-corrected chi connectivity index (χ1v) is 6.63. The summed E-state index contributed by atoms with van der Waals surface area (Å²) in [5.41, 5.74) is 0.511. The summed E-state index contributed by atoms with van der Waals surface area (Å²) in [6.45, 7) is 1.54. The third-order valence-corrected chi connectivity index (χ3v) is 2.98. The summed E-state index contributed by atoms with van der Waals surface area (Å²) in [5.74, 6) is -0.885. The minimum absolute atomic E-state index is 0.277.